The average molecular weight is 153 g/mol. The van der Waals surface area contributed by atoms with Gasteiger partial charge < -0.3 is 10.1 Å². The Morgan fingerprint density at radius 2 is 2.55 bits per heavy atom. The Balaban J connectivity index is 2.08. The summed E-state index contributed by atoms with van der Waals surface area (Å²) >= 11 is 0. The molecule has 0 aromatic carbocycles. The maximum absolute atomic E-state index is 5.49. The van der Waals surface area contributed by atoms with E-state index in [0.717, 1.165) is 13.1 Å². The molecule has 1 aliphatic rings. The molecule has 1 saturated heterocycles. The van der Waals surface area contributed by atoms with Crippen LogP contribution in [0.25, 0.3) is 0 Å². The van der Waals surface area contributed by atoms with Gasteiger partial charge in [-0.1, -0.05) is 5.92 Å². The third-order valence-corrected chi connectivity index (χ3v) is 1.82. The normalized spacial score (nSPS) is 23.9. The van der Waals surface area contributed by atoms with E-state index in [1.807, 2.05) is 6.92 Å². The smallest absolute Gasteiger partial charge is 0.108 e. The van der Waals surface area contributed by atoms with Crippen molar-refractivity contribution in [2.75, 3.05) is 19.7 Å². The van der Waals surface area contributed by atoms with Gasteiger partial charge in [0.05, 0.1) is 6.10 Å². The third-order valence-electron chi connectivity index (χ3n) is 1.82. The van der Waals surface area contributed by atoms with Crippen molar-refractivity contribution in [3.05, 3.63) is 0 Å². The number of ether oxygens (including phenoxy) is 1. The fraction of sp³-hybridized carbons (Fsp3) is 0.778. The molecule has 1 fully saturated rings. The number of hydrogen-bond donors (Lipinski definition) is 1. The molecule has 62 valence electrons. The van der Waals surface area contributed by atoms with Crippen LogP contribution in [0.5, 0.6) is 0 Å². The molecule has 11 heavy (non-hydrogen) atoms. The van der Waals surface area contributed by atoms with Gasteiger partial charge in [-0.2, -0.15) is 0 Å². The lowest BCUT2D eigenvalue weighted by Gasteiger charge is -2.21. The monoisotopic (exact) mass is 153 g/mol. The summed E-state index contributed by atoms with van der Waals surface area (Å²) in [5.41, 5.74) is 0. The molecule has 1 N–H and O–H groups in total. The summed E-state index contributed by atoms with van der Waals surface area (Å²) in [7, 11) is 0. The third kappa shape index (κ3) is 3.41. The quantitative estimate of drug-likeness (QED) is 0.592. The standard InChI is InChI=1S/C9H15NO/c1-2-3-7-11-9-5-4-6-10-8-9/h9-10H,4-8H2,1H3. The summed E-state index contributed by atoms with van der Waals surface area (Å²) < 4.78 is 5.49. The summed E-state index contributed by atoms with van der Waals surface area (Å²) in [5.74, 6) is 5.71. The van der Waals surface area contributed by atoms with Crippen molar-refractivity contribution >= 4 is 0 Å². The summed E-state index contributed by atoms with van der Waals surface area (Å²) in [6, 6.07) is 0. The molecule has 1 atom stereocenters. The highest BCUT2D eigenvalue weighted by atomic mass is 16.5. The molecule has 0 bridgehead atoms. The molecule has 1 rings (SSSR count). The molecule has 1 aliphatic heterocycles. The van der Waals surface area contributed by atoms with Crippen LogP contribution in [0.3, 0.4) is 0 Å². The lowest BCUT2D eigenvalue weighted by molar-refractivity contribution is 0.0591. The minimum Gasteiger partial charge on any atom is -0.364 e. The molecule has 1 unspecified atom stereocenters. The van der Waals surface area contributed by atoms with Crippen LogP contribution in [-0.4, -0.2) is 25.8 Å². The number of nitrogens with one attached hydrogen (secondary N) is 1. The van der Waals surface area contributed by atoms with Gasteiger partial charge in [0.2, 0.25) is 0 Å². The van der Waals surface area contributed by atoms with E-state index in [0.29, 0.717) is 12.7 Å². The van der Waals surface area contributed by atoms with Crippen LogP contribution in [0.2, 0.25) is 0 Å². The lowest BCUT2D eigenvalue weighted by atomic mass is 10.1. The fourth-order valence-corrected chi connectivity index (χ4v) is 1.19. The minimum absolute atomic E-state index is 0.393. The molecule has 2 heteroatoms. The van der Waals surface area contributed by atoms with Crippen molar-refractivity contribution in [3.8, 4) is 11.8 Å². The molecule has 1 heterocycles. The minimum atomic E-state index is 0.393. The Bertz CT molecular complexity index is 151. The van der Waals surface area contributed by atoms with Crippen LogP contribution in [0.15, 0.2) is 0 Å². The summed E-state index contributed by atoms with van der Waals surface area (Å²) in [6.07, 6.45) is 2.80. The van der Waals surface area contributed by atoms with Crippen LogP contribution in [0, 0.1) is 11.8 Å². The SMILES string of the molecule is CC#CCOC1CCCNC1. The van der Waals surface area contributed by atoms with Crippen LogP contribution in [-0.2, 0) is 4.74 Å². The van der Waals surface area contributed by atoms with Gasteiger partial charge in [-0.05, 0) is 26.3 Å². The first kappa shape index (κ1) is 8.58. The Labute approximate surface area is 68.3 Å². The Kier molecular flexibility index (Phi) is 4.03. The van der Waals surface area contributed by atoms with Crippen LogP contribution in [0.4, 0.5) is 0 Å². The number of hydrogen-bond acceptors (Lipinski definition) is 2. The average Bonchev–Trinajstić information content (AvgIpc) is 2.07. The molecule has 0 aromatic heterocycles. The van der Waals surface area contributed by atoms with E-state index in [-0.39, 0.29) is 0 Å². The molecule has 0 aromatic rings. The molecular formula is C9H15NO. The van der Waals surface area contributed by atoms with Gasteiger partial charge in [0.1, 0.15) is 6.61 Å². The molecule has 0 saturated carbocycles. The second kappa shape index (κ2) is 5.17. The first-order valence-corrected chi connectivity index (χ1v) is 4.15. The van der Waals surface area contributed by atoms with Gasteiger partial charge in [-0.15, -0.1) is 5.92 Å². The Morgan fingerprint density at radius 1 is 1.64 bits per heavy atom. The Hall–Kier alpha value is -0.520. The number of piperidine rings is 1. The summed E-state index contributed by atoms with van der Waals surface area (Å²) in [5, 5.41) is 3.29. The predicted octanol–water partition coefficient (Wildman–Crippen LogP) is 0.778. The van der Waals surface area contributed by atoms with E-state index in [1.54, 1.807) is 0 Å². The molecule has 0 spiro atoms. The van der Waals surface area contributed by atoms with E-state index < -0.39 is 0 Å². The molecule has 0 radical (unpaired) electrons. The van der Waals surface area contributed by atoms with Crippen LogP contribution < -0.4 is 5.32 Å². The second-order valence-corrected chi connectivity index (χ2v) is 2.71. The lowest BCUT2D eigenvalue weighted by Crippen LogP contribution is -2.35. The van der Waals surface area contributed by atoms with Crippen molar-refractivity contribution in [3.63, 3.8) is 0 Å². The van der Waals surface area contributed by atoms with Crippen LogP contribution >= 0.6 is 0 Å². The highest BCUT2D eigenvalue weighted by Gasteiger charge is 2.11. The first-order chi connectivity index (χ1) is 5.43. The topological polar surface area (TPSA) is 21.3 Å². The zero-order valence-electron chi connectivity index (χ0n) is 7.02. The van der Waals surface area contributed by atoms with E-state index in [9.17, 15) is 0 Å². The van der Waals surface area contributed by atoms with E-state index >= 15 is 0 Å². The van der Waals surface area contributed by atoms with Crippen molar-refractivity contribution in [1.29, 1.82) is 0 Å². The maximum Gasteiger partial charge on any atom is 0.108 e. The van der Waals surface area contributed by atoms with E-state index in [1.165, 1.54) is 12.8 Å². The summed E-state index contributed by atoms with van der Waals surface area (Å²) in [4.78, 5) is 0. The van der Waals surface area contributed by atoms with E-state index in [2.05, 4.69) is 17.2 Å². The van der Waals surface area contributed by atoms with Gasteiger partial charge in [0.15, 0.2) is 0 Å². The molecule has 0 amide bonds. The van der Waals surface area contributed by atoms with Crippen LogP contribution in [0.1, 0.15) is 19.8 Å². The zero-order chi connectivity index (χ0) is 7.94. The van der Waals surface area contributed by atoms with Gasteiger partial charge in [-0.25, -0.2) is 0 Å². The van der Waals surface area contributed by atoms with Crippen molar-refractivity contribution < 1.29 is 4.74 Å². The largest absolute Gasteiger partial charge is 0.364 e. The maximum atomic E-state index is 5.49. The second-order valence-electron chi connectivity index (χ2n) is 2.71. The molecular weight excluding hydrogens is 138 g/mol. The van der Waals surface area contributed by atoms with Crippen molar-refractivity contribution in [2.24, 2.45) is 0 Å². The zero-order valence-corrected chi connectivity index (χ0v) is 7.02. The van der Waals surface area contributed by atoms with Crippen molar-refractivity contribution in [2.45, 2.75) is 25.9 Å². The molecule has 2 nitrogen and oxygen atoms in total. The van der Waals surface area contributed by atoms with Gasteiger partial charge in [0.25, 0.3) is 0 Å². The number of rotatable bonds is 2. The van der Waals surface area contributed by atoms with Gasteiger partial charge >= 0.3 is 0 Å². The first-order valence-electron chi connectivity index (χ1n) is 4.15. The Morgan fingerprint density at radius 3 is 3.18 bits per heavy atom. The van der Waals surface area contributed by atoms with E-state index in [4.69, 9.17) is 4.74 Å². The van der Waals surface area contributed by atoms with Gasteiger partial charge in [-0.3, -0.25) is 0 Å². The molecule has 0 aliphatic carbocycles. The van der Waals surface area contributed by atoms with Crippen molar-refractivity contribution in [1.82, 2.24) is 5.32 Å². The highest BCUT2D eigenvalue weighted by molar-refractivity contribution is 4.95. The summed E-state index contributed by atoms with van der Waals surface area (Å²) in [6.45, 7) is 4.55. The highest BCUT2D eigenvalue weighted by Crippen LogP contribution is 2.04. The predicted molar refractivity (Wildman–Crippen MR) is 45.3 cm³/mol. The fourth-order valence-electron chi connectivity index (χ4n) is 1.19. The van der Waals surface area contributed by atoms with Gasteiger partial charge in [0, 0.05) is 6.54 Å².